The number of benzene rings is 1. The number of carbonyl (C=O) groups is 2. The SMILES string of the molecule is C=CCN1C(=O)C(=O)c2cc(Br)cc(C)c21. The van der Waals surface area contributed by atoms with E-state index in [1.54, 1.807) is 12.1 Å². The Labute approximate surface area is 102 Å². The summed E-state index contributed by atoms with van der Waals surface area (Å²) in [5, 5.41) is 0. The number of ketones is 1. The molecule has 0 spiro atoms. The predicted octanol–water partition coefficient (Wildman–Crippen LogP) is 2.47. The Bertz CT molecular complexity index is 508. The van der Waals surface area contributed by atoms with Gasteiger partial charge < -0.3 is 4.90 Å². The molecule has 0 fully saturated rings. The van der Waals surface area contributed by atoms with Crippen LogP contribution in [0.1, 0.15) is 15.9 Å². The lowest BCUT2D eigenvalue weighted by Crippen LogP contribution is -2.29. The summed E-state index contributed by atoms with van der Waals surface area (Å²) >= 11 is 3.32. The number of halogens is 1. The molecule has 1 amide bonds. The van der Waals surface area contributed by atoms with Crippen molar-refractivity contribution in [2.45, 2.75) is 6.92 Å². The summed E-state index contributed by atoms with van der Waals surface area (Å²) in [6.07, 6.45) is 1.61. The van der Waals surface area contributed by atoms with Gasteiger partial charge in [0.1, 0.15) is 0 Å². The van der Waals surface area contributed by atoms with Gasteiger partial charge in [-0.2, -0.15) is 0 Å². The van der Waals surface area contributed by atoms with Gasteiger partial charge in [0, 0.05) is 11.0 Å². The van der Waals surface area contributed by atoms with Crippen molar-refractivity contribution in [1.82, 2.24) is 0 Å². The number of hydrogen-bond acceptors (Lipinski definition) is 2. The number of amides is 1. The highest BCUT2D eigenvalue weighted by atomic mass is 79.9. The van der Waals surface area contributed by atoms with Gasteiger partial charge in [-0.25, -0.2) is 0 Å². The quantitative estimate of drug-likeness (QED) is 0.616. The Morgan fingerprint density at radius 1 is 1.44 bits per heavy atom. The lowest BCUT2D eigenvalue weighted by molar-refractivity contribution is -0.114. The van der Waals surface area contributed by atoms with Crippen LogP contribution < -0.4 is 4.90 Å². The van der Waals surface area contributed by atoms with Gasteiger partial charge in [0.25, 0.3) is 11.7 Å². The number of nitrogens with zero attached hydrogens (tertiary/aromatic N) is 1. The molecule has 0 N–H and O–H groups in total. The highest BCUT2D eigenvalue weighted by molar-refractivity contribution is 9.10. The summed E-state index contributed by atoms with van der Waals surface area (Å²) < 4.78 is 0.811. The number of aryl methyl sites for hydroxylation is 1. The minimum absolute atomic E-state index is 0.361. The van der Waals surface area contributed by atoms with Crippen LogP contribution in [0.2, 0.25) is 0 Å². The molecule has 0 saturated heterocycles. The van der Waals surface area contributed by atoms with Crippen molar-refractivity contribution in [3.63, 3.8) is 0 Å². The number of anilines is 1. The zero-order valence-corrected chi connectivity index (χ0v) is 10.4. The van der Waals surface area contributed by atoms with Crippen LogP contribution in [0, 0.1) is 6.92 Å². The Hall–Kier alpha value is -1.42. The van der Waals surface area contributed by atoms with Crippen LogP contribution in [0.4, 0.5) is 5.69 Å². The molecule has 1 aliphatic rings. The largest absolute Gasteiger partial charge is 0.301 e. The van der Waals surface area contributed by atoms with Gasteiger partial charge in [-0.15, -0.1) is 6.58 Å². The highest BCUT2D eigenvalue weighted by Gasteiger charge is 2.36. The lowest BCUT2D eigenvalue weighted by Gasteiger charge is -2.16. The van der Waals surface area contributed by atoms with Crippen molar-refractivity contribution in [3.8, 4) is 0 Å². The van der Waals surface area contributed by atoms with E-state index in [4.69, 9.17) is 0 Å². The van der Waals surface area contributed by atoms with Crippen LogP contribution in [-0.4, -0.2) is 18.2 Å². The average Bonchev–Trinajstić information content (AvgIpc) is 2.44. The van der Waals surface area contributed by atoms with E-state index in [1.165, 1.54) is 4.90 Å². The molecular weight excluding hydrogens is 270 g/mol. The third kappa shape index (κ3) is 1.50. The maximum absolute atomic E-state index is 11.7. The van der Waals surface area contributed by atoms with Crippen LogP contribution in [0.3, 0.4) is 0 Å². The topological polar surface area (TPSA) is 37.4 Å². The fourth-order valence-electron chi connectivity index (χ4n) is 1.91. The summed E-state index contributed by atoms with van der Waals surface area (Å²) in [4.78, 5) is 24.9. The zero-order chi connectivity index (χ0) is 11.9. The van der Waals surface area contributed by atoms with Crippen LogP contribution in [0.5, 0.6) is 0 Å². The molecule has 0 aromatic heterocycles. The standard InChI is InChI=1S/C12H10BrNO2/c1-3-4-14-10-7(2)5-8(13)6-9(10)11(15)12(14)16/h3,5-6H,1,4H2,2H3. The molecule has 1 aromatic rings. The van der Waals surface area contributed by atoms with Gasteiger partial charge in [-0.3, -0.25) is 9.59 Å². The number of Topliss-reactive ketones (excluding diaryl/α,β-unsaturated/α-hetero) is 1. The second kappa shape index (κ2) is 3.87. The molecule has 0 radical (unpaired) electrons. The van der Waals surface area contributed by atoms with Crippen molar-refractivity contribution in [2.24, 2.45) is 0 Å². The highest BCUT2D eigenvalue weighted by Crippen LogP contribution is 2.34. The second-order valence-electron chi connectivity index (χ2n) is 3.65. The van der Waals surface area contributed by atoms with Gasteiger partial charge in [-0.05, 0) is 24.6 Å². The average molecular weight is 280 g/mol. The summed E-state index contributed by atoms with van der Waals surface area (Å²) in [6.45, 7) is 5.83. The first-order valence-electron chi connectivity index (χ1n) is 4.83. The van der Waals surface area contributed by atoms with Gasteiger partial charge in [-0.1, -0.05) is 22.0 Å². The molecule has 1 aliphatic heterocycles. The molecule has 4 heteroatoms. The predicted molar refractivity (Wildman–Crippen MR) is 65.8 cm³/mol. The van der Waals surface area contributed by atoms with E-state index in [0.29, 0.717) is 17.8 Å². The fraction of sp³-hybridized carbons (Fsp3) is 0.167. The zero-order valence-electron chi connectivity index (χ0n) is 8.79. The van der Waals surface area contributed by atoms with Crippen molar-refractivity contribution in [1.29, 1.82) is 0 Å². The molecule has 0 aliphatic carbocycles. The molecule has 0 saturated carbocycles. The third-order valence-electron chi connectivity index (χ3n) is 2.53. The number of fused-ring (bicyclic) bond motifs is 1. The van der Waals surface area contributed by atoms with E-state index in [9.17, 15) is 9.59 Å². The molecule has 3 nitrogen and oxygen atoms in total. The molecule has 0 atom stereocenters. The van der Waals surface area contributed by atoms with Gasteiger partial charge in [0.05, 0.1) is 11.3 Å². The van der Waals surface area contributed by atoms with E-state index < -0.39 is 11.7 Å². The lowest BCUT2D eigenvalue weighted by atomic mass is 10.1. The van der Waals surface area contributed by atoms with Crippen LogP contribution >= 0.6 is 15.9 Å². The van der Waals surface area contributed by atoms with Crippen LogP contribution in [0.15, 0.2) is 29.3 Å². The van der Waals surface area contributed by atoms with E-state index in [1.807, 2.05) is 13.0 Å². The van der Waals surface area contributed by atoms with Crippen molar-refractivity contribution >= 4 is 33.3 Å². The smallest absolute Gasteiger partial charge is 0.299 e. The minimum Gasteiger partial charge on any atom is -0.301 e. The number of carbonyl (C=O) groups excluding carboxylic acids is 2. The first-order chi connectivity index (χ1) is 7.56. The summed E-state index contributed by atoms with van der Waals surface area (Å²) in [6, 6.07) is 3.58. The van der Waals surface area contributed by atoms with Crippen molar-refractivity contribution in [2.75, 3.05) is 11.4 Å². The molecular formula is C12H10BrNO2. The monoisotopic (exact) mass is 279 g/mol. The molecule has 1 heterocycles. The Morgan fingerprint density at radius 2 is 2.12 bits per heavy atom. The van der Waals surface area contributed by atoms with E-state index in [0.717, 1.165) is 10.0 Å². The Kier molecular flexibility index (Phi) is 2.68. The normalized spacial score (nSPS) is 14.2. The van der Waals surface area contributed by atoms with Gasteiger partial charge in [0.2, 0.25) is 0 Å². The number of rotatable bonds is 2. The van der Waals surface area contributed by atoms with E-state index in [2.05, 4.69) is 22.5 Å². The van der Waals surface area contributed by atoms with Crippen molar-refractivity contribution in [3.05, 3.63) is 40.4 Å². The summed E-state index contributed by atoms with van der Waals surface area (Å²) in [5.74, 6) is -0.919. The molecule has 2 rings (SSSR count). The first kappa shape index (κ1) is 11.1. The summed E-state index contributed by atoms with van der Waals surface area (Å²) in [5.41, 5.74) is 2.09. The molecule has 0 unspecified atom stereocenters. The van der Waals surface area contributed by atoms with Gasteiger partial charge in [0.15, 0.2) is 0 Å². The van der Waals surface area contributed by atoms with Crippen LogP contribution in [0.25, 0.3) is 0 Å². The molecule has 82 valence electrons. The van der Waals surface area contributed by atoms with Gasteiger partial charge >= 0.3 is 0 Å². The van der Waals surface area contributed by atoms with E-state index in [-0.39, 0.29) is 0 Å². The third-order valence-corrected chi connectivity index (χ3v) is 2.99. The molecule has 0 bridgehead atoms. The second-order valence-corrected chi connectivity index (χ2v) is 4.57. The Balaban J connectivity index is 2.65. The van der Waals surface area contributed by atoms with E-state index >= 15 is 0 Å². The van der Waals surface area contributed by atoms with Crippen molar-refractivity contribution < 1.29 is 9.59 Å². The fourth-order valence-corrected chi connectivity index (χ4v) is 2.48. The van der Waals surface area contributed by atoms with Crippen LogP contribution in [-0.2, 0) is 4.79 Å². The first-order valence-corrected chi connectivity index (χ1v) is 5.62. The Morgan fingerprint density at radius 3 is 2.75 bits per heavy atom. The minimum atomic E-state index is -0.476. The number of hydrogen-bond donors (Lipinski definition) is 0. The maximum atomic E-state index is 11.7. The summed E-state index contributed by atoms with van der Waals surface area (Å²) in [7, 11) is 0. The maximum Gasteiger partial charge on any atom is 0.299 e. The molecule has 16 heavy (non-hydrogen) atoms. The molecule has 1 aromatic carbocycles.